The van der Waals surface area contributed by atoms with E-state index in [1.54, 1.807) is 0 Å². The van der Waals surface area contributed by atoms with E-state index in [0.29, 0.717) is 18.9 Å². The minimum Gasteiger partial charge on any atom is -0.480 e. The molecular weight excluding hydrogens is 326 g/mol. The fourth-order valence-corrected chi connectivity index (χ4v) is 3.13. The standard InChI is InChI=1S/C16H15N5O4/c22-13-8-11(15(23)24)21(13)16(25)19-6-7-20-12(9-19)17-18-14(20)10-4-2-1-3-5-10/h1-5,11H,6-9H2,(H,23,24). The summed E-state index contributed by atoms with van der Waals surface area (Å²) in [5, 5.41) is 17.4. The predicted octanol–water partition coefficient (Wildman–Crippen LogP) is 0.566. The zero-order valence-corrected chi connectivity index (χ0v) is 13.2. The number of imide groups is 1. The van der Waals surface area contributed by atoms with E-state index in [2.05, 4.69) is 10.2 Å². The van der Waals surface area contributed by atoms with Crippen molar-refractivity contribution in [3.05, 3.63) is 36.2 Å². The number of β-lactam (4-membered cyclic amide) rings is 1. The molecule has 3 amide bonds. The monoisotopic (exact) mass is 341 g/mol. The summed E-state index contributed by atoms with van der Waals surface area (Å²) in [6.07, 6.45) is -0.136. The van der Waals surface area contributed by atoms with Crippen LogP contribution in [0.15, 0.2) is 30.3 Å². The molecule has 0 saturated carbocycles. The Morgan fingerprint density at radius 2 is 1.88 bits per heavy atom. The fraction of sp³-hybridized carbons (Fsp3) is 0.312. The van der Waals surface area contributed by atoms with E-state index in [4.69, 9.17) is 5.11 Å². The van der Waals surface area contributed by atoms with Crippen molar-refractivity contribution in [2.24, 2.45) is 0 Å². The Bertz CT molecular complexity index is 863. The molecule has 1 aromatic carbocycles. The number of aliphatic carboxylic acids is 1. The van der Waals surface area contributed by atoms with Gasteiger partial charge in [0.2, 0.25) is 5.91 Å². The van der Waals surface area contributed by atoms with Crippen molar-refractivity contribution in [3.63, 3.8) is 0 Å². The highest BCUT2D eigenvalue weighted by Gasteiger charge is 2.47. The summed E-state index contributed by atoms with van der Waals surface area (Å²) in [6, 6.07) is 7.96. The molecule has 9 nitrogen and oxygen atoms in total. The average Bonchev–Trinajstić information content (AvgIpc) is 3.03. The third kappa shape index (κ3) is 2.44. The van der Waals surface area contributed by atoms with E-state index in [0.717, 1.165) is 16.3 Å². The lowest BCUT2D eigenvalue weighted by Gasteiger charge is -2.39. The van der Waals surface area contributed by atoms with Crippen LogP contribution < -0.4 is 0 Å². The number of benzene rings is 1. The Morgan fingerprint density at radius 1 is 1.12 bits per heavy atom. The summed E-state index contributed by atoms with van der Waals surface area (Å²) in [7, 11) is 0. The normalized spacial score (nSPS) is 19.4. The van der Waals surface area contributed by atoms with Crippen molar-refractivity contribution in [1.82, 2.24) is 24.6 Å². The first-order valence-electron chi connectivity index (χ1n) is 7.87. The van der Waals surface area contributed by atoms with Crippen LogP contribution in [-0.2, 0) is 22.7 Å². The number of fused-ring (bicyclic) bond motifs is 1. The highest BCUT2D eigenvalue weighted by atomic mass is 16.4. The molecule has 25 heavy (non-hydrogen) atoms. The number of aromatic nitrogens is 3. The molecular formula is C16H15N5O4. The molecule has 9 heteroatoms. The van der Waals surface area contributed by atoms with Gasteiger partial charge in [-0.25, -0.2) is 14.5 Å². The Balaban J connectivity index is 1.54. The second-order valence-corrected chi connectivity index (χ2v) is 5.98. The lowest BCUT2D eigenvalue weighted by Crippen LogP contribution is -2.62. The van der Waals surface area contributed by atoms with Crippen molar-refractivity contribution >= 4 is 17.9 Å². The first-order chi connectivity index (χ1) is 12.1. The van der Waals surface area contributed by atoms with Gasteiger partial charge >= 0.3 is 12.0 Å². The number of carbonyl (C=O) groups excluding carboxylic acids is 2. The number of urea groups is 1. The van der Waals surface area contributed by atoms with Crippen LogP contribution in [0.3, 0.4) is 0 Å². The smallest absolute Gasteiger partial charge is 0.328 e. The van der Waals surface area contributed by atoms with Gasteiger partial charge < -0.3 is 14.6 Å². The van der Waals surface area contributed by atoms with E-state index in [9.17, 15) is 14.4 Å². The number of rotatable bonds is 2. The van der Waals surface area contributed by atoms with Gasteiger partial charge in [-0.2, -0.15) is 0 Å². The van der Waals surface area contributed by atoms with Gasteiger partial charge in [-0.3, -0.25) is 4.79 Å². The number of carboxylic acids is 1. The molecule has 1 fully saturated rings. The van der Waals surface area contributed by atoms with Crippen LogP contribution in [0.25, 0.3) is 11.4 Å². The van der Waals surface area contributed by atoms with Gasteiger partial charge in [0, 0.05) is 18.7 Å². The van der Waals surface area contributed by atoms with E-state index in [-0.39, 0.29) is 13.0 Å². The number of likely N-dealkylation sites (tertiary alicyclic amines) is 1. The second kappa shape index (κ2) is 5.69. The molecule has 0 aliphatic carbocycles. The zero-order valence-electron chi connectivity index (χ0n) is 13.2. The van der Waals surface area contributed by atoms with Gasteiger partial charge in [-0.05, 0) is 0 Å². The lowest BCUT2D eigenvalue weighted by atomic mass is 10.0. The minimum absolute atomic E-state index is 0.136. The molecule has 2 aromatic rings. The van der Waals surface area contributed by atoms with Gasteiger partial charge in [0.15, 0.2) is 11.6 Å². The van der Waals surface area contributed by atoms with E-state index < -0.39 is 23.9 Å². The van der Waals surface area contributed by atoms with Crippen LogP contribution in [-0.4, -0.2) is 60.2 Å². The molecule has 1 atom stereocenters. The number of nitrogens with zero attached hydrogens (tertiary/aromatic N) is 5. The van der Waals surface area contributed by atoms with Crippen molar-refractivity contribution in [1.29, 1.82) is 0 Å². The predicted molar refractivity (Wildman–Crippen MR) is 84.2 cm³/mol. The molecule has 1 unspecified atom stereocenters. The van der Waals surface area contributed by atoms with Gasteiger partial charge in [0.05, 0.1) is 13.0 Å². The topological polar surface area (TPSA) is 109 Å². The van der Waals surface area contributed by atoms with Crippen LogP contribution in [0.5, 0.6) is 0 Å². The second-order valence-electron chi connectivity index (χ2n) is 5.98. The molecule has 3 heterocycles. The molecule has 2 aliphatic rings. The van der Waals surface area contributed by atoms with Crippen molar-refractivity contribution < 1.29 is 19.5 Å². The minimum atomic E-state index is -1.17. The summed E-state index contributed by atoms with van der Waals surface area (Å²) >= 11 is 0. The Labute approximate surface area is 142 Å². The fourth-order valence-electron chi connectivity index (χ4n) is 3.13. The maximum atomic E-state index is 12.5. The molecule has 0 bridgehead atoms. The maximum absolute atomic E-state index is 12.5. The van der Waals surface area contributed by atoms with Gasteiger partial charge in [0.1, 0.15) is 6.04 Å². The quantitative estimate of drug-likeness (QED) is 0.800. The Hall–Kier alpha value is -3.23. The van der Waals surface area contributed by atoms with Gasteiger partial charge in [-0.1, -0.05) is 30.3 Å². The first kappa shape index (κ1) is 15.3. The molecule has 128 valence electrons. The van der Waals surface area contributed by atoms with Gasteiger partial charge in [-0.15, -0.1) is 10.2 Å². The number of hydrogen-bond acceptors (Lipinski definition) is 5. The number of carbonyl (C=O) groups is 3. The van der Waals surface area contributed by atoms with E-state index in [1.165, 1.54) is 4.90 Å². The average molecular weight is 341 g/mol. The molecule has 1 saturated heterocycles. The molecule has 0 radical (unpaired) electrons. The third-order valence-corrected chi connectivity index (χ3v) is 4.50. The van der Waals surface area contributed by atoms with Crippen molar-refractivity contribution in [3.8, 4) is 11.4 Å². The largest absolute Gasteiger partial charge is 0.480 e. The highest BCUT2D eigenvalue weighted by Crippen LogP contribution is 2.25. The highest BCUT2D eigenvalue weighted by molar-refractivity contribution is 6.05. The van der Waals surface area contributed by atoms with Crippen LogP contribution in [0.2, 0.25) is 0 Å². The molecule has 1 N–H and O–H groups in total. The Kier molecular flexibility index (Phi) is 3.48. The van der Waals surface area contributed by atoms with Gasteiger partial charge in [0.25, 0.3) is 0 Å². The zero-order chi connectivity index (χ0) is 17.6. The van der Waals surface area contributed by atoms with Crippen LogP contribution in [0, 0.1) is 0 Å². The summed E-state index contributed by atoms with van der Waals surface area (Å²) < 4.78 is 1.94. The molecule has 0 spiro atoms. The Morgan fingerprint density at radius 3 is 2.56 bits per heavy atom. The van der Waals surface area contributed by atoms with Crippen LogP contribution >= 0.6 is 0 Å². The first-order valence-corrected chi connectivity index (χ1v) is 7.87. The van der Waals surface area contributed by atoms with E-state index in [1.807, 2.05) is 34.9 Å². The summed E-state index contributed by atoms with van der Waals surface area (Å²) in [6.45, 7) is 1.03. The summed E-state index contributed by atoms with van der Waals surface area (Å²) in [5.74, 6) is -0.293. The number of amides is 3. The van der Waals surface area contributed by atoms with Crippen LogP contribution in [0.4, 0.5) is 4.79 Å². The van der Waals surface area contributed by atoms with Crippen molar-refractivity contribution in [2.45, 2.75) is 25.6 Å². The summed E-state index contributed by atoms with van der Waals surface area (Å²) in [4.78, 5) is 37.5. The lowest BCUT2D eigenvalue weighted by molar-refractivity contribution is -0.158. The number of carboxylic acid groups (broad SMARTS) is 1. The van der Waals surface area contributed by atoms with E-state index >= 15 is 0 Å². The number of hydrogen-bond donors (Lipinski definition) is 1. The van der Waals surface area contributed by atoms with Crippen molar-refractivity contribution in [2.75, 3.05) is 6.54 Å². The molecule has 1 aromatic heterocycles. The SMILES string of the molecule is O=C(O)C1CC(=O)N1C(=O)N1CCn2c(nnc2-c2ccccc2)C1. The maximum Gasteiger partial charge on any atom is 0.328 e. The third-order valence-electron chi connectivity index (χ3n) is 4.50. The molecule has 2 aliphatic heterocycles. The van der Waals surface area contributed by atoms with Crippen LogP contribution in [0.1, 0.15) is 12.2 Å². The summed E-state index contributed by atoms with van der Waals surface area (Å²) in [5.41, 5.74) is 0.935. The molecule has 4 rings (SSSR count).